The molecule has 40 heavy (non-hydrogen) atoms. The summed E-state index contributed by atoms with van der Waals surface area (Å²) in [6.07, 6.45) is 3.67. The number of aryl methyl sites for hydroxylation is 1. The van der Waals surface area contributed by atoms with Crippen molar-refractivity contribution in [2.24, 2.45) is 7.05 Å². The maximum Gasteiger partial charge on any atom is 0.338 e. The number of carbonyl (C=O) groups excluding carboxylic acids is 2. The Hall–Kier alpha value is -5.02. The molecule has 4 aromatic carbocycles. The van der Waals surface area contributed by atoms with Crippen LogP contribution in [0.25, 0.3) is 31.8 Å². The van der Waals surface area contributed by atoms with Crippen LogP contribution in [-0.2, 0) is 11.8 Å². The van der Waals surface area contributed by atoms with Crippen LogP contribution in [0.15, 0.2) is 90.2 Å². The van der Waals surface area contributed by atoms with Crippen molar-refractivity contribution in [3.8, 4) is 0 Å². The molecule has 0 spiro atoms. The van der Waals surface area contributed by atoms with Gasteiger partial charge in [0.25, 0.3) is 0 Å². The van der Waals surface area contributed by atoms with E-state index in [1.54, 1.807) is 11.6 Å². The first kappa shape index (κ1) is 25.3. The van der Waals surface area contributed by atoms with Gasteiger partial charge in [0.2, 0.25) is 0 Å². The number of carboxylic acid groups (broad SMARTS) is 1. The van der Waals surface area contributed by atoms with Crippen molar-refractivity contribution in [2.75, 3.05) is 0 Å². The number of nitrogens with zero attached hydrogens (tertiary/aromatic N) is 3. The quantitative estimate of drug-likeness (QED) is 0.229. The third kappa shape index (κ3) is 4.26. The van der Waals surface area contributed by atoms with E-state index in [0.717, 1.165) is 42.9 Å². The lowest BCUT2D eigenvalue weighted by atomic mass is 9.75. The van der Waals surface area contributed by atoms with E-state index < -0.39 is 11.9 Å². The van der Waals surface area contributed by atoms with Crippen LogP contribution in [0.2, 0.25) is 0 Å². The predicted molar refractivity (Wildman–Crippen MR) is 153 cm³/mol. The number of fused-ring (bicyclic) bond motifs is 6. The van der Waals surface area contributed by atoms with Gasteiger partial charge < -0.3 is 9.67 Å². The summed E-state index contributed by atoms with van der Waals surface area (Å²) in [5, 5.41) is 12.4. The third-order valence-electron chi connectivity index (χ3n) is 7.16. The summed E-state index contributed by atoms with van der Waals surface area (Å²) in [4.78, 5) is 55.2. The molecule has 1 atom stereocenters. The number of aromatic carboxylic acids is 1. The Bertz CT molecular complexity index is 2050. The van der Waals surface area contributed by atoms with E-state index >= 15 is 0 Å². The molecule has 0 bridgehead atoms. The summed E-state index contributed by atoms with van der Waals surface area (Å²) in [5.74, 6) is -1.73. The summed E-state index contributed by atoms with van der Waals surface area (Å²) >= 11 is 1.17. The van der Waals surface area contributed by atoms with E-state index in [0.29, 0.717) is 5.56 Å². The number of carbonyl (C=O) groups is 3. The summed E-state index contributed by atoms with van der Waals surface area (Å²) in [5.41, 5.74) is 3.19. The highest BCUT2D eigenvalue weighted by molar-refractivity contribution is 7.16. The number of benzene rings is 4. The summed E-state index contributed by atoms with van der Waals surface area (Å²) in [6.45, 7) is 0. The number of hydrogen-bond donors (Lipinski definition) is 1. The Morgan fingerprint density at radius 1 is 0.925 bits per heavy atom. The van der Waals surface area contributed by atoms with Crippen molar-refractivity contribution in [3.63, 3.8) is 0 Å². The van der Waals surface area contributed by atoms with Crippen molar-refractivity contribution >= 4 is 60.6 Å². The molecule has 0 fully saturated rings. The highest BCUT2D eigenvalue weighted by atomic mass is 32.1. The van der Waals surface area contributed by atoms with Crippen LogP contribution in [-0.4, -0.2) is 37.2 Å². The molecule has 2 heterocycles. The fourth-order valence-corrected chi connectivity index (χ4v) is 6.21. The minimum atomic E-state index is -1.00. The first-order valence-corrected chi connectivity index (χ1v) is 13.2. The zero-order chi connectivity index (χ0) is 28.0. The largest absolute Gasteiger partial charge is 0.478 e. The summed E-state index contributed by atoms with van der Waals surface area (Å²) < 4.78 is 2.46. The number of ketones is 2. The molecule has 9 heteroatoms. The van der Waals surface area contributed by atoms with Crippen LogP contribution in [0.4, 0.5) is 0 Å². The van der Waals surface area contributed by atoms with Crippen LogP contribution in [0.3, 0.4) is 0 Å². The maximum absolute atomic E-state index is 13.0. The van der Waals surface area contributed by atoms with Crippen LogP contribution in [0.5, 0.6) is 0 Å². The number of Topliss-reactive ketones (excluding diaryl/α,β-unsaturated/α-hetero) is 2. The SMILES string of the molecule is Cn1c(=O)sc2cc(C3C(=O)CC(=O)c4c3ccc3c4ccc4ccccc43)ccc21.O=C(O)c1cncnc1. The average Bonchev–Trinajstić information content (AvgIpc) is 3.25. The maximum atomic E-state index is 13.0. The molecule has 8 nitrogen and oxygen atoms in total. The standard InChI is InChI=1S/C26H17NO3S.C5H4N2O2/c1-27-20-11-7-15(12-23(20)31-26(27)30)24-19-10-9-17-16-5-3-2-4-14(16)6-8-18(17)25(19)22(29)13-21(24)28;8-5(9)4-1-6-3-7-2-4/h2-12,24H,13H2,1H3;1-3H,(H,8,9). The zero-order valence-electron chi connectivity index (χ0n) is 21.2. The van der Waals surface area contributed by atoms with Gasteiger partial charge in [0.05, 0.1) is 28.1 Å². The molecule has 0 saturated carbocycles. The van der Waals surface area contributed by atoms with Crippen molar-refractivity contribution in [1.82, 2.24) is 14.5 Å². The van der Waals surface area contributed by atoms with Gasteiger partial charge in [-0.15, -0.1) is 0 Å². The molecule has 6 aromatic rings. The van der Waals surface area contributed by atoms with E-state index in [9.17, 15) is 19.2 Å². The minimum Gasteiger partial charge on any atom is -0.478 e. The number of thiazole rings is 1. The molecule has 0 amide bonds. The molecular weight excluding hydrogens is 526 g/mol. The number of rotatable bonds is 2. The monoisotopic (exact) mass is 547 g/mol. The number of aromatic nitrogens is 3. The average molecular weight is 548 g/mol. The van der Waals surface area contributed by atoms with E-state index in [2.05, 4.69) is 22.1 Å². The Balaban J connectivity index is 0.000000276. The molecular formula is C31H21N3O5S. The molecule has 0 aliphatic heterocycles. The van der Waals surface area contributed by atoms with Crippen LogP contribution in [0, 0.1) is 0 Å². The molecule has 1 aliphatic carbocycles. The van der Waals surface area contributed by atoms with Crippen LogP contribution < -0.4 is 4.87 Å². The molecule has 7 rings (SSSR count). The molecule has 1 unspecified atom stereocenters. The second-order valence-corrected chi connectivity index (χ2v) is 10.5. The highest BCUT2D eigenvalue weighted by Gasteiger charge is 2.35. The van der Waals surface area contributed by atoms with Gasteiger partial charge in [-0.05, 0) is 44.8 Å². The Morgan fingerprint density at radius 2 is 1.68 bits per heavy atom. The molecule has 1 N–H and O–H groups in total. The fraction of sp³-hybridized carbons (Fsp3) is 0.0968. The van der Waals surface area contributed by atoms with Gasteiger partial charge in [0.1, 0.15) is 6.33 Å². The smallest absolute Gasteiger partial charge is 0.338 e. The van der Waals surface area contributed by atoms with Gasteiger partial charge in [0.15, 0.2) is 11.6 Å². The van der Waals surface area contributed by atoms with E-state index in [1.165, 1.54) is 30.1 Å². The first-order chi connectivity index (χ1) is 19.3. The molecule has 0 radical (unpaired) electrons. The Kier molecular flexibility index (Phi) is 6.28. The predicted octanol–water partition coefficient (Wildman–Crippen LogP) is 5.37. The van der Waals surface area contributed by atoms with Crippen LogP contribution >= 0.6 is 11.3 Å². The molecule has 1 aliphatic rings. The third-order valence-corrected chi connectivity index (χ3v) is 8.16. The lowest BCUT2D eigenvalue weighted by molar-refractivity contribution is -0.119. The normalized spacial score (nSPS) is 14.7. The number of hydrogen-bond acceptors (Lipinski definition) is 7. The second-order valence-electron chi connectivity index (χ2n) is 9.50. The fourth-order valence-electron chi connectivity index (χ4n) is 5.28. The minimum absolute atomic E-state index is 0.0319. The van der Waals surface area contributed by atoms with Gasteiger partial charge in [-0.2, -0.15) is 0 Å². The lowest BCUT2D eigenvalue weighted by Gasteiger charge is -2.25. The van der Waals surface area contributed by atoms with Crippen molar-refractivity contribution in [2.45, 2.75) is 12.3 Å². The summed E-state index contributed by atoms with van der Waals surface area (Å²) in [6, 6.07) is 21.8. The van der Waals surface area contributed by atoms with E-state index in [4.69, 9.17) is 5.11 Å². The highest BCUT2D eigenvalue weighted by Crippen LogP contribution is 2.40. The van der Waals surface area contributed by atoms with Crippen LogP contribution in [0.1, 0.15) is 44.2 Å². The topological polar surface area (TPSA) is 119 Å². The Labute approximate surface area is 231 Å². The van der Waals surface area contributed by atoms with E-state index in [-0.39, 0.29) is 28.4 Å². The molecule has 2 aromatic heterocycles. The van der Waals surface area contributed by atoms with E-state index in [1.807, 2.05) is 54.6 Å². The molecule has 196 valence electrons. The first-order valence-electron chi connectivity index (χ1n) is 12.4. The zero-order valence-corrected chi connectivity index (χ0v) is 22.0. The van der Waals surface area contributed by atoms with Gasteiger partial charge in [-0.25, -0.2) is 14.8 Å². The second kappa shape index (κ2) is 9.94. The Morgan fingerprint density at radius 3 is 2.42 bits per heavy atom. The van der Waals surface area contributed by atoms with Gasteiger partial charge >= 0.3 is 10.8 Å². The van der Waals surface area contributed by atoms with Gasteiger partial charge in [-0.3, -0.25) is 14.4 Å². The van der Waals surface area contributed by atoms with Crippen molar-refractivity contribution in [3.05, 3.63) is 117 Å². The van der Waals surface area contributed by atoms with Gasteiger partial charge in [0, 0.05) is 25.0 Å². The number of carboxylic acids is 1. The molecule has 0 saturated heterocycles. The summed E-state index contributed by atoms with van der Waals surface area (Å²) in [7, 11) is 1.75. The lowest BCUT2D eigenvalue weighted by Crippen LogP contribution is -2.26. The van der Waals surface area contributed by atoms with Crippen molar-refractivity contribution in [1.29, 1.82) is 0 Å². The van der Waals surface area contributed by atoms with Gasteiger partial charge in [-0.1, -0.05) is 65.9 Å². The van der Waals surface area contributed by atoms with Crippen molar-refractivity contribution < 1.29 is 19.5 Å².